The van der Waals surface area contributed by atoms with Crippen LogP contribution in [0.2, 0.25) is 0 Å². The van der Waals surface area contributed by atoms with Crippen LogP contribution in [0.25, 0.3) is 0 Å². The predicted molar refractivity (Wildman–Crippen MR) is 130 cm³/mol. The Hall–Kier alpha value is -4.34. The van der Waals surface area contributed by atoms with Gasteiger partial charge in [-0.25, -0.2) is 24.9 Å². The fourth-order valence-corrected chi connectivity index (χ4v) is 3.77. The summed E-state index contributed by atoms with van der Waals surface area (Å²) in [5, 5.41) is 3.18. The van der Waals surface area contributed by atoms with Crippen molar-refractivity contribution >= 4 is 23.5 Å². The van der Waals surface area contributed by atoms with Gasteiger partial charge in [0.2, 0.25) is 23.7 Å². The molecule has 0 spiro atoms. The van der Waals surface area contributed by atoms with E-state index in [1.807, 2.05) is 36.7 Å². The van der Waals surface area contributed by atoms with Gasteiger partial charge < -0.3 is 19.9 Å². The number of anilines is 4. The molecule has 10 heteroatoms. The van der Waals surface area contributed by atoms with Gasteiger partial charge in [0, 0.05) is 62.9 Å². The fourth-order valence-electron chi connectivity index (χ4n) is 3.77. The normalized spacial score (nSPS) is 13.6. The third-order valence-electron chi connectivity index (χ3n) is 5.55. The van der Waals surface area contributed by atoms with Gasteiger partial charge >= 0.3 is 0 Å². The molecule has 10 nitrogen and oxygen atoms in total. The highest BCUT2D eigenvalue weighted by Crippen LogP contribution is 2.19. The Kier molecular flexibility index (Phi) is 6.37. The van der Waals surface area contributed by atoms with E-state index in [2.05, 4.69) is 57.2 Å². The number of aromatic nitrogens is 6. The maximum absolute atomic E-state index is 5.16. The molecule has 172 valence electrons. The molecule has 1 fully saturated rings. The zero-order valence-electron chi connectivity index (χ0n) is 18.9. The summed E-state index contributed by atoms with van der Waals surface area (Å²) in [5.74, 6) is 2.38. The number of pyridine rings is 1. The van der Waals surface area contributed by atoms with Gasteiger partial charge in [0.25, 0.3) is 0 Å². The van der Waals surface area contributed by atoms with Crippen LogP contribution in [0.5, 0.6) is 5.88 Å². The standard InChI is InChI=1S/C24H25N9O/c1-34-21-14-20(7-8-25-21)30-22-28-17-29-24(31-22)33-11-9-32(10-12-33)23-26-15-19(16-27-23)13-18-5-3-2-4-6-18/h2-8,14-17H,9-13H2,1H3,(H,25,28,29,30,31). The molecule has 0 bridgehead atoms. The lowest BCUT2D eigenvalue weighted by molar-refractivity contribution is 0.398. The molecule has 1 aliphatic heterocycles. The molecule has 1 aliphatic rings. The van der Waals surface area contributed by atoms with Crippen LogP contribution in [-0.4, -0.2) is 63.2 Å². The van der Waals surface area contributed by atoms with E-state index in [1.165, 1.54) is 11.9 Å². The molecule has 1 saturated heterocycles. The first-order valence-electron chi connectivity index (χ1n) is 11.1. The molecule has 0 aliphatic carbocycles. The van der Waals surface area contributed by atoms with Crippen molar-refractivity contribution in [2.24, 2.45) is 0 Å². The average Bonchev–Trinajstić information content (AvgIpc) is 2.90. The summed E-state index contributed by atoms with van der Waals surface area (Å²) >= 11 is 0. The van der Waals surface area contributed by atoms with E-state index in [4.69, 9.17) is 4.74 Å². The molecule has 4 aromatic rings. The van der Waals surface area contributed by atoms with Crippen molar-refractivity contribution in [1.82, 2.24) is 29.9 Å². The summed E-state index contributed by atoms with van der Waals surface area (Å²) in [6.45, 7) is 3.10. The molecule has 1 aromatic carbocycles. The molecule has 34 heavy (non-hydrogen) atoms. The van der Waals surface area contributed by atoms with E-state index in [0.717, 1.165) is 49.8 Å². The summed E-state index contributed by atoms with van der Waals surface area (Å²) < 4.78 is 5.16. The van der Waals surface area contributed by atoms with Gasteiger partial charge in [-0.2, -0.15) is 4.98 Å². The number of nitrogens with one attached hydrogen (secondary N) is 1. The van der Waals surface area contributed by atoms with Crippen LogP contribution < -0.4 is 19.9 Å². The summed E-state index contributed by atoms with van der Waals surface area (Å²) in [4.78, 5) is 30.8. The van der Waals surface area contributed by atoms with Gasteiger partial charge in [0.1, 0.15) is 6.33 Å². The summed E-state index contributed by atoms with van der Waals surface area (Å²) in [6.07, 6.45) is 7.85. The first-order chi connectivity index (χ1) is 16.8. The maximum Gasteiger partial charge on any atom is 0.232 e. The molecule has 0 radical (unpaired) electrons. The van der Waals surface area contributed by atoms with Crippen molar-refractivity contribution in [2.75, 3.05) is 48.4 Å². The molecular formula is C24H25N9O. The summed E-state index contributed by atoms with van der Waals surface area (Å²) in [6, 6.07) is 14.0. The van der Waals surface area contributed by atoms with Gasteiger partial charge in [-0.05, 0) is 17.2 Å². The van der Waals surface area contributed by atoms with Crippen molar-refractivity contribution in [3.63, 3.8) is 0 Å². The second-order valence-corrected chi connectivity index (χ2v) is 7.85. The molecule has 0 unspecified atom stereocenters. The molecule has 0 saturated carbocycles. The lowest BCUT2D eigenvalue weighted by Gasteiger charge is -2.34. The molecule has 0 amide bonds. The molecule has 4 heterocycles. The van der Waals surface area contributed by atoms with Crippen molar-refractivity contribution in [1.29, 1.82) is 0 Å². The Morgan fingerprint density at radius 1 is 0.824 bits per heavy atom. The van der Waals surface area contributed by atoms with E-state index < -0.39 is 0 Å². The quantitative estimate of drug-likeness (QED) is 0.447. The Morgan fingerprint density at radius 3 is 2.29 bits per heavy atom. The first kappa shape index (κ1) is 21.5. The maximum atomic E-state index is 5.16. The van der Waals surface area contributed by atoms with Crippen LogP contribution in [0.15, 0.2) is 67.4 Å². The van der Waals surface area contributed by atoms with Gasteiger partial charge in [-0.1, -0.05) is 30.3 Å². The first-order valence-corrected chi connectivity index (χ1v) is 11.1. The Balaban J connectivity index is 1.18. The van der Waals surface area contributed by atoms with E-state index in [-0.39, 0.29) is 0 Å². The monoisotopic (exact) mass is 455 g/mol. The minimum Gasteiger partial charge on any atom is -0.481 e. The largest absolute Gasteiger partial charge is 0.481 e. The average molecular weight is 456 g/mol. The number of nitrogens with zero attached hydrogens (tertiary/aromatic N) is 8. The third kappa shape index (κ3) is 5.17. The van der Waals surface area contributed by atoms with Crippen molar-refractivity contribution in [3.05, 3.63) is 78.5 Å². The SMILES string of the molecule is COc1cc(Nc2ncnc(N3CCN(c4ncc(Cc5ccccc5)cn4)CC3)n2)ccn1. The minimum atomic E-state index is 0.470. The zero-order valence-corrected chi connectivity index (χ0v) is 18.9. The third-order valence-corrected chi connectivity index (χ3v) is 5.55. The Morgan fingerprint density at radius 2 is 1.56 bits per heavy atom. The van der Waals surface area contributed by atoms with Crippen LogP contribution in [-0.2, 0) is 6.42 Å². The van der Waals surface area contributed by atoms with E-state index >= 15 is 0 Å². The van der Waals surface area contributed by atoms with Gasteiger partial charge in [0.15, 0.2) is 0 Å². The van der Waals surface area contributed by atoms with Gasteiger partial charge in [0.05, 0.1) is 7.11 Å². The number of hydrogen-bond acceptors (Lipinski definition) is 10. The van der Waals surface area contributed by atoms with Crippen LogP contribution >= 0.6 is 0 Å². The fraction of sp³-hybridized carbons (Fsp3) is 0.250. The van der Waals surface area contributed by atoms with Crippen LogP contribution in [0, 0.1) is 0 Å². The zero-order chi connectivity index (χ0) is 23.2. The molecule has 5 rings (SSSR count). The topological polar surface area (TPSA) is 105 Å². The number of methoxy groups -OCH3 is 1. The number of piperazine rings is 1. The van der Waals surface area contributed by atoms with E-state index in [9.17, 15) is 0 Å². The highest BCUT2D eigenvalue weighted by atomic mass is 16.5. The highest BCUT2D eigenvalue weighted by molar-refractivity contribution is 5.55. The number of rotatable bonds is 7. The smallest absolute Gasteiger partial charge is 0.232 e. The predicted octanol–water partition coefficient (Wildman–Crippen LogP) is 2.73. The second kappa shape index (κ2) is 10.1. The lowest BCUT2D eigenvalue weighted by atomic mass is 10.1. The van der Waals surface area contributed by atoms with Gasteiger partial charge in [-0.15, -0.1) is 0 Å². The van der Waals surface area contributed by atoms with Crippen molar-refractivity contribution in [2.45, 2.75) is 6.42 Å². The Labute approximate surface area is 197 Å². The van der Waals surface area contributed by atoms with Crippen LogP contribution in [0.3, 0.4) is 0 Å². The number of hydrogen-bond donors (Lipinski definition) is 1. The highest BCUT2D eigenvalue weighted by Gasteiger charge is 2.21. The Bertz CT molecular complexity index is 1210. The number of ether oxygens (including phenoxy) is 1. The van der Waals surface area contributed by atoms with Crippen LogP contribution in [0.4, 0.5) is 23.5 Å². The lowest BCUT2D eigenvalue weighted by Crippen LogP contribution is -2.47. The molecular weight excluding hydrogens is 430 g/mol. The molecule has 3 aromatic heterocycles. The molecule has 0 atom stereocenters. The number of benzene rings is 1. The van der Waals surface area contributed by atoms with Gasteiger partial charge in [-0.3, -0.25) is 0 Å². The molecule has 1 N–H and O–H groups in total. The van der Waals surface area contributed by atoms with Crippen molar-refractivity contribution < 1.29 is 4.74 Å². The van der Waals surface area contributed by atoms with E-state index in [0.29, 0.717) is 17.8 Å². The summed E-state index contributed by atoms with van der Waals surface area (Å²) in [7, 11) is 1.58. The summed E-state index contributed by atoms with van der Waals surface area (Å²) in [5.41, 5.74) is 3.15. The second-order valence-electron chi connectivity index (χ2n) is 7.85. The minimum absolute atomic E-state index is 0.470. The van der Waals surface area contributed by atoms with Crippen molar-refractivity contribution in [3.8, 4) is 5.88 Å². The van der Waals surface area contributed by atoms with E-state index in [1.54, 1.807) is 19.4 Å². The van der Waals surface area contributed by atoms with Crippen LogP contribution in [0.1, 0.15) is 11.1 Å².